The largest absolute Gasteiger partial charge is 0.466 e. The average molecular weight is 277 g/mol. The number of fused-ring (bicyclic) bond motifs is 1. The van der Waals surface area contributed by atoms with Gasteiger partial charge in [0.05, 0.1) is 13.0 Å². The standard InChI is InChI=1S/C15H19NO2S/c1-5-18-14(17)9-13-15(19-4)11-8-10(2)6-7-12(11)16(13)3/h6-8H,5,9H2,1-4H3. The van der Waals surface area contributed by atoms with E-state index in [1.54, 1.807) is 11.8 Å². The normalized spacial score (nSPS) is 10.9. The molecule has 0 aliphatic heterocycles. The van der Waals surface area contributed by atoms with Gasteiger partial charge in [0.15, 0.2) is 0 Å². The van der Waals surface area contributed by atoms with Crippen LogP contribution in [-0.4, -0.2) is 23.4 Å². The summed E-state index contributed by atoms with van der Waals surface area (Å²) in [6.45, 7) is 4.34. The van der Waals surface area contributed by atoms with E-state index in [0.717, 1.165) is 11.2 Å². The maximum Gasteiger partial charge on any atom is 0.311 e. The summed E-state index contributed by atoms with van der Waals surface area (Å²) in [5.41, 5.74) is 3.43. The van der Waals surface area contributed by atoms with E-state index >= 15 is 0 Å². The van der Waals surface area contributed by atoms with E-state index in [4.69, 9.17) is 4.74 Å². The molecule has 0 atom stereocenters. The highest BCUT2D eigenvalue weighted by atomic mass is 32.2. The van der Waals surface area contributed by atoms with Crippen LogP contribution in [0, 0.1) is 6.92 Å². The number of hydrogen-bond acceptors (Lipinski definition) is 3. The van der Waals surface area contributed by atoms with Crippen molar-refractivity contribution in [2.75, 3.05) is 12.9 Å². The number of nitrogens with zero attached hydrogens (tertiary/aromatic N) is 1. The molecule has 1 heterocycles. The molecular formula is C15H19NO2S. The minimum Gasteiger partial charge on any atom is -0.466 e. The molecule has 2 aromatic rings. The maximum atomic E-state index is 11.7. The highest BCUT2D eigenvalue weighted by Crippen LogP contribution is 2.33. The molecular weight excluding hydrogens is 258 g/mol. The first-order chi connectivity index (χ1) is 9.08. The molecule has 3 nitrogen and oxygen atoms in total. The Morgan fingerprint density at radius 3 is 2.79 bits per heavy atom. The van der Waals surface area contributed by atoms with Crippen LogP contribution in [-0.2, 0) is 23.0 Å². The number of benzene rings is 1. The first-order valence-electron chi connectivity index (χ1n) is 6.36. The third-order valence-corrected chi connectivity index (χ3v) is 4.11. The average Bonchev–Trinajstić information content (AvgIpc) is 2.62. The molecule has 0 radical (unpaired) electrons. The van der Waals surface area contributed by atoms with Crippen molar-refractivity contribution >= 4 is 28.6 Å². The summed E-state index contributed by atoms with van der Waals surface area (Å²) >= 11 is 1.69. The van der Waals surface area contributed by atoms with E-state index in [-0.39, 0.29) is 5.97 Å². The predicted molar refractivity (Wildman–Crippen MR) is 79.8 cm³/mol. The Morgan fingerprint density at radius 1 is 1.42 bits per heavy atom. The molecule has 0 amide bonds. The minimum atomic E-state index is -0.166. The Kier molecular flexibility index (Phi) is 4.20. The summed E-state index contributed by atoms with van der Waals surface area (Å²) in [6.07, 6.45) is 2.38. The van der Waals surface area contributed by atoms with Gasteiger partial charge in [-0.3, -0.25) is 4.79 Å². The van der Waals surface area contributed by atoms with Gasteiger partial charge in [-0.2, -0.15) is 0 Å². The zero-order valence-electron chi connectivity index (χ0n) is 11.8. The van der Waals surface area contributed by atoms with Gasteiger partial charge in [-0.25, -0.2) is 0 Å². The summed E-state index contributed by atoms with van der Waals surface area (Å²) < 4.78 is 7.15. The number of carbonyl (C=O) groups excluding carboxylic acids is 1. The van der Waals surface area contributed by atoms with Crippen molar-refractivity contribution in [3.8, 4) is 0 Å². The van der Waals surface area contributed by atoms with Gasteiger partial charge < -0.3 is 9.30 Å². The Balaban J connectivity index is 2.53. The number of hydrogen-bond donors (Lipinski definition) is 0. The van der Waals surface area contributed by atoms with Crippen molar-refractivity contribution in [3.63, 3.8) is 0 Å². The van der Waals surface area contributed by atoms with E-state index in [1.165, 1.54) is 15.8 Å². The number of ether oxygens (including phenoxy) is 1. The molecule has 0 aliphatic carbocycles. The van der Waals surface area contributed by atoms with Crippen molar-refractivity contribution in [2.24, 2.45) is 7.05 Å². The van der Waals surface area contributed by atoms with Crippen molar-refractivity contribution in [1.29, 1.82) is 0 Å². The molecule has 19 heavy (non-hydrogen) atoms. The summed E-state index contributed by atoms with van der Waals surface area (Å²) in [5, 5.41) is 1.22. The SMILES string of the molecule is CCOC(=O)Cc1c(SC)c2cc(C)ccc2n1C. The van der Waals surface area contributed by atoms with Gasteiger partial charge in [0.25, 0.3) is 0 Å². The lowest BCUT2D eigenvalue weighted by Gasteiger charge is -2.06. The van der Waals surface area contributed by atoms with Crippen LogP contribution < -0.4 is 0 Å². The molecule has 2 rings (SSSR count). The van der Waals surface area contributed by atoms with Crippen LogP contribution >= 0.6 is 11.8 Å². The highest BCUT2D eigenvalue weighted by Gasteiger charge is 2.17. The van der Waals surface area contributed by atoms with Crippen LogP contribution in [0.25, 0.3) is 10.9 Å². The molecule has 0 fully saturated rings. The fourth-order valence-electron chi connectivity index (χ4n) is 2.35. The monoisotopic (exact) mass is 277 g/mol. The topological polar surface area (TPSA) is 31.2 Å². The lowest BCUT2D eigenvalue weighted by molar-refractivity contribution is -0.142. The molecule has 0 spiro atoms. The van der Waals surface area contributed by atoms with Gasteiger partial charge in [0.1, 0.15) is 0 Å². The Morgan fingerprint density at radius 2 is 2.16 bits per heavy atom. The maximum absolute atomic E-state index is 11.7. The molecule has 4 heteroatoms. The zero-order valence-corrected chi connectivity index (χ0v) is 12.6. The summed E-state index contributed by atoms with van der Waals surface area (Å²) in [7, 11) is 2.01. The van der Waals surface area contributed by atoms with Crippen LogP contribution in [0.5, 0.6) is 0 Å². The minimum absolute atomic E-state index is 0.166. The van der Waals surface area contributed by atoms with Gasteiger partial charge in [0.2, 0.25) is 0 Å². The summed E-state index contributed by atoms with van der Waals surface area (Å²) in [4.78, 5) is 12.9. The van der Waals surface area contributed by atoms with Gasteiger partial charge >= 0.3 is 5.97 Å². The van der Waals surface area contributed by atoms with Crippen LogP contribution in [0.4, 0.5) is 0 Å². The van der Waals surface area contributed by atoms with Gasteiger partial charge in [-0.15, -0.1) is 11.8 Å². The smallest absolute Gasteiger partial charge is 0.311 e. The van der Waals surface area contributed by atoms with Crippen LogP contribution in [0.2, 0.25) is 0 Å². The van der Waals surface area contributed by atoms with E-state index in [9.17, 15) is 4.79 Å². The fraction of sp³-hybridized carbons (Fsp3) is 0.400. The molecule has 0 saturated heterocycles. The molecule has 102 valence electrons. The highest BCUT2D eigenvalue weighted by molar-refractivity contribution is 7.98. The predicted octanol–water partition coefficient (Wildman–Crippen LogP) is 3.31. The number of thioether (sulfide) groups is 1. The first-order valence-corrected chi connectivity index (χ1v) is 7.58. The number of carbonyl (C=O) groups is 1. The third kappa shape index (κ3) is 2.63. The molecule has 0 bridgehead atoms. The van der Waals surface area contributed by atoms with E-state index < -0.39 is 0 Å². The molecule has 0 saturated carbocycles. The lowest BCUT2D eigenvalue weighted by Crippen LogP contribution is -2.10. The number of aryl methyl sites for hydroxylation is 2. The van der Waals surface area contributed by atoms with Gasteiger partial charge in [-0.1, -0.05) is 11.6 Å². The second kappa shape index (κ2) is 5.70. The van der Waals surface area contributed by atoms with E-state index in [0.29, 0.717) is 13.0 Å². The summed E-state index contributed by atoms with van der Waals surface area (Å²) in [6, 6.07) is 6.38. The Labute approximate surface area is 117 Å². The quantitative estimate of drug-likeness (QED) is 0.634. The second-order valence-corrected chi connectivity index (χ2v) is 5.36. The van der Waals surface area contributed by atoms with Crippen LogP contribution in [0.3, 0.4) is 0 Å². The van der Waals surface area contributed by atoms with Crippen molar-refractivity contribution < 1.29 is 9.53 Å². The Bertz CT molecular complexity index is 616. The van der Waals surface area contributed by atoms with Crippen LogP contribution in [0.1, 0.15) is 18.2 Å². The number of aromatic nitrogens is 1. The molecule has 0 aliphatic rings. The van der Waals surface area contributed by atoms with Gasteiger partial charge in [-0.05, 0) is 32.2 Å². The number of esters is 1. The van der Waals surface area contributed by atoms with E-state index in [2.05, 4.69) is 29.7 Å². The van der Waals surface area contributed by atoms with Gasteiger partial charge in [0, 0.05) is 28.5 Å². The fourth-order valence-corrected chi connectivity index (χ4v) is 3.18. The van der Waals surface area contributed by atoms with E-state index in [1.807, 2.05) is 20.2 Å². The van der Waals surface area contributed by atoms with Crippen molar-refractivity contribution in [3.05, 3.63) is 29.5 Å². The first kappa shape index (κ1) is 14.0. The van der Waals surface area contributed by atoms with Crippen LogP contribution in [0.15, 0.2) is 23.1 Å². The third-order valence-electron chi connectivity index (χ3n) is 3.25. The molecule has 0 N–H and O–H groups in total. The number of rotatable bonds is 4. The molecule has 0 unspecified atom stereocenters. The second-order valence-electron chi connectivity index (χ2n) is 4.54. The molecule has 1 aromatic carbocycles. The summed E-state index contributed by atoms with van der Waals surface area (Å²) in [5.74, 6) is -0.166. The molecule has 1 aromatic heterocycles. The van der Waals surface area contributed by atoms with Crippen molar-refractivity contribution in [1.82, 2.24) is 4.57 Å². The lowest BCUT2D eigenvalue weighted by atomic mass is 10.2. The zero-order chi connectivity index (χ0) is 14.0. The Hall–Kier alpha value is -1.42. The van der Waals surface area contributed by atoms with Crippen molar-refractivity contribution in [2.45, 2.75) is 25.2 Å².